The van der Waals surface area contributed by atoms with E-state index in [2.05, 4.69) is 69.8 Å². The number of aryl methyl sites for hydroxylation is 1. The molecule has 9 saturated heterocycles. The minimum atomic E-state index is -5.12. The molecule has 0 radical (unpaired) electrons. The van der Waals surface area contributed by atoms with Gasteiger partial charge in [-0.15, -0.1) is 0 Å². The van der Waals surface area contributed by atoms with Crippen molar-refractivity contribution in [1.29, 1.82) is 0 Å². The number of aliphatic hydroxyl groups excluding tert-OH is 5. The number of nitrogens with one attached hydrogen (secondary N) is 3. The van der Waals surface area contributed by atoms with Gasteiger partial charge >= 0.3 is 46.9 Å². The lowest BCUT2D eigenvalue weighted by Gasteiger charge is -2.26. The Morgan fingerprint density at radius 3 is 1.12 bits per heavy atom. The number of phosphoric acid groups is 6. The molecule has 6 bridgehead atoms. The quantitative estimate of drug-likeness (QED) is 0.0684. The monoisotopic (exact) mass is 2030 g/mol. The van der Waals surface area contributed by atoms with Crippen molar-refractivity contribution in [3.05, 3.63) is 118 Å². The second-order valence-electron chi connectivity index (χ2n) is 31.6. The minimum Gasteiger partial charge on any atom is -0.398 e. The number of ether oxygens (including phenoxy) is 6. The summed E-state index contributed by atoms with van der Waals surface area (Å²) in [4.78, 5) is 153. The normalized spacial score (nSPS) is 37.5. The Hall–Kier alpha value is -9.84. The molecule has 0 saturated carbocycles. The number of H-pyrrole nitrogens is 3. The molecule has 9 aliphatic rings. The van der Waals surface area contributed by atoms with Crippen molar-refractivity contribution in [3.63, 3.8) is 0 Å². The van der Waals surface area contributed by atoms with Crippen molar-refractivity contribution >= 4 is 143 Å². The number of aromatic amines is 3. The van der Waals surface area contributed by atoms with Crippen LogP contribution in [0.15, 0.2) is 95.1 Å². The molecular formula is C66H80N26O38P6. The number of hydrogen-bond acceptors (Lipinski definition) is 49. The number of fused-ring (bicyclic) bond motifs is 15. The van der Waals surface area contributed by atoms with Crippen LogP contribution in [-0.4, -0.2) is 302 Å². The lowest BCUT2D eigenvalue weighted by molar-refractivity contribution is -0.0673. The maximum absolute atomic E-state index is 13.4. The van der Waals surface area contributed by atoms with Crippen LogP contribution in [-0.2, 0) is 110 Å². The Kier molecular flexibility index (Phi) is 25.2. The highest BCUT2D eigenvalue weighted by molar-refractivity contribution is 7.48. The van der Waals surface area contributed by atoms with Crippen LogP contribution in [0.2, 0.25) is 0 Å². The zero-order valence-corrected chi connectivity index (χ0v) is 74.4. The topological polar surface area (TPSA) is 917 Å². The third kappa shape index (κ3) is 18.1. The van der Waals surface area contributed by atoms with Gasteiger partial charge in [0.25, 0.3) is 16.7 Å². The van der Waals surface area contributed by atoms with Crippen LogP contribution >= 0.6 is 46.9 Å². The fraction of sp³-hybridized carbons (Fsp3) is 0.485. The first kappa shape index (κ1) is 95.1. The molecule has 30 atom stereocenters. The van der Waals surface area contributed by atoms with Crippen LogP contribution < -0.4 is 51.1 Å². The molecule has 732 valence electrons. The molecule has 21 rings (SSSR count). The van der Waals surface area contributed by atoms with E-state index in [1.807, 2.05) is 0 Å². The zero-order valence-electron chi connectivity index (χ0n) is 69.0. The summed E-state index contributed by atoms with van der Waals surface area (Å²) >= 11 is 0. The van der Waals surface area contributed by atoms with Crippen LogP contribution in [0.5, 0.6) is 0 Å². The Balaban J connectivity index is 0.000000131. The van der Waals surface area contributed by atoms with Crippen molar-refractivity contribution in [2.75, 3.05) is 74.9 Å². The summed E-state index contributed by atoms with van der Waals surface area (Å²) < 4.78 is 186. The van der Waals surface area contributed by atoms with Gasteiger partial charge in [0.15, 0.2) is 82.3 Å². The number of nitrogens with zero attached hydrogens (tertiary/aromatic N) is 17. The maximum Gasteiger partial charge on any atom is 0.472 e. The van der Waals surface area contributed by atoms with Gasteiger partial charge in [-0.25, -0.2) is 72.2 Å². The number of nitrogen functional groups attached to an aromatic ring is 5. The molecule has 70 heteroatoms. The lowest BCUT2D eigenvalue weighted by Crippen LogP contribution is -2.36. The summed E-state index contributed by atoms with van der Waals surface area (Å²) in [6, 6.07) is 6.43. The van der Waals surface area contributed by atoms with E-state index in [9.17, 15) is 96.7 Å². The molecule has 0 amide bonds. The summed E-state index contributed by atoms with van der Waals surface area (Å²) in [5, 5.41) is 56.7. The van der Waals surface area contributed by atoms with Crippen molar-refractivity contribution in [1.82, 2.24) is 97.2 Å². The molecule has 64 nitrogen and oxygen atoms in total. The largest absolute Gasteiger partial charge is 0.472 e. The number of imidazole rings is 4. The molecule has 12 aromatic rings. The maximum atomic E-state index is 13.4. The van der Waals surface area contributed by atoms with Crippen LogP contribution in [0.1, 0.15) is 43.2 Å². The van der Waals surface area contributed by atoms with Crippen molar-refractivity contribution < 1.29 is 165 Å². The number of anilines is 5. The predicted molar refractivity (Wildman–Crippen MR) is 446 cm³/mol. The molecule has 136 heavy (non-hydrogen) atoms. The van der Waals surface area contributed by atoms with Crippen molar-refractivity contribution in [2.24, 2.45) is 11.7 Å². The molecule has 0 aliphatic carbocycles. The molecule has 9 aliphatic heterocycles. The van der Waals surface area contributed by atoms with E-state index in [4.69, 9.17) is 117 Å². The van der Waals surface area contributed by atoms with Crippen molar-refractivity contribution in [3.8, 4) is 0 Å². The third-order valence-corrected chi connectivity index (χ3v) is 28.9. The second kappa shape index (κ2) is 36.1. The van der Waals surface area contributed by atoms with Crippen LogP contribution in [0.3, 0.4) is 0 Å². The average molecular weight is 2030 g/mol. The van der Waals surface area contributed by atoms with Gasteiger partial charge in [-0.2, -0.15) is 9.97 Å². The summed E-state index contributed by atoms with van der Waals surface area (Å²) in [6.45, 7) is -3.23. The van der Waals surface area contributed by atoms with Crippen LogP contribution in [0.4, 0.5) is 29.1 Å². The van der Waals surface area contributed by atoms with Crippen molar-refractivity contribution in [2.45, 2.75) is 148 Å². The first-order valence-electron chi connectivity index (χ1n) is 40.2. The average Bonchev–Trinajstić information content (AvgIpc) is 1.57. The molecule has 0 aromatic carbocycles. The van der Waals surface area contributed by atoms with Crippen LogP contribution in [0.25, 0.3) is 66.7 Å². The van der Waals surface area contributed by atoms with Gasteiger partial charge in [0, 0.05) is 59.4 Å². The Labute approximate surface area is 754 Å². The molecule has 9 fully saturated rings. The van der Waals surface area contributed by atoms with E-state index in [0.717, 1.165) is 23.5 Å². The predicted octanol–water partition coefficient (Wildman–Crippen LogP) is -3.66. The highest BCUT2D eigenvalue weighted by Gasteiger charge is 2.59. The van der Waals surface area contributed by atoms with Gasteiger partial charge in [0.1, 0.15) is 120 Å². The van der Waals surface area contributed by atoms with E-state index in [1.54, 1.807) is 31.2 Å². The Morgan fingerprint density at radius 2 is 0.699 bits per heavy atom. The molecule has 6 unspecified atom stereocenters. The summed E-state index contributed by atoms with van der Waals surface area (Å²) in [6.07, 6.45) is -22.8. The van der Waals surface area contributed by atoms with Crippen LogP contribution in [0, 0.1) is 12.8 Å². The molecule has 0 spiro atoms. The zero-order chi connectivity index (χ0) is 96.2. The van der Waals surface area contributed by atoms with E-state index in [-0.39, 0.29) is 74.7 Å². The standard InChI is InChI=1S/C23H29N9O12P2.C22H25N7O13P2.C21H26N10O13P2/c24-5-10-12-6-39-46(37,38)44-17-13(42-21(15(17)33)31-4-2-9-11(25)1-3-27-18(9)31)7-40-45(35,36)43-16(10)22(41-12)32-8-28-14-19(32)29-23(26)30-20(14)34;23-10-1-3-24-18-9(10)2-4-28(18)21-15(31)16-12(40-21)6-38-44(35,36)42-17-14(30)11(5-37-43(33,34)41-16)39-22(17)29-8-27-13-19(29)25-7-26-20(13)32;1-6-26-15(22)9-16(27-6)30(4-24-9)19-12(33)13-8(42-19)3-40-46(37,38)44-14-11(32)7(2-39-45(35,36)43-13)41-20(14)31-5-25-10-17(31)28-21(23)29-18(10)34/h1-4,8,10,12-13,15-17,21-22,33H,5-7,24H2,(H2,25,27)(H,35,36)(H,37,38)(H3,26,29,30,34);1-4,7-8,11-12,14-17,21-22,30-31H,5-6H2,(H2,23,24)(H,33,34)(H,35,36)(H,25,26,32);4-5,7-8,11-14,19-20,32-33H,2-3H2,1H3,(H,35,36)(H,37,38)(H2,22,26,27)(H3,23,28,29,34)/t10-,12-,13-,15-,16-,17-,21-,22-;11-,12-,14-,15-,16-,17-,21-,22-;7-,8-,11-,12-,13-,14-,19-,20-/m111/s1. The fourth-order valence-electron chi connectivity index (χ4n) is 16.8. The Bertz CT molecular complexity index is 7130. The first-order valence-corrected chi connectivity index (χ1v) is 49.2. The van der Waals surface area contributed by atoms with Gasteiger partial charge < -0.3 is 132 Å². The summed E-state index contributed by atoms with van der Waals surface area (Å²) in [7, 11) is -30.2. The number of rotatable bonds is 7. The molecule has 26 N–H and O–H groups in total. The number of pyridine rings is 2. The first-order chi connectivity index (χ1) is 64.5. The van der Waals surface area contributed by atoms with Gasteiger partial charge in [0.2, 0.25) is 11.9 Å². The van der Waals surface area contributed by atoms with Gasteiger partial charge in [-0.1, -0.05) is 0 Å². The molecule has 21 heterocycles. The second-order valence-corrected chi connectivity index (χ2v) is 40.0. The number of phosphoric ester groups is 6. The summed E-state index contributed by atoms with van der Waals surface area (Å²) in [5.41, 5.74) is 34.6. The van der Waals surface area contributed by atoms with Gasteiger partial charge in [-0.05, 0) is 31.2 Å². The number of aromatic nitrogens is 20. The molecule has 12 aromatic heterocycles. The van der Waals surface area contributed by atoms with Gasteiger partial charge in [-0.3, -0.25) is 96.9 Å². The SMILES string of the molecule is Cc1nc(N)c2ncn([C@@H]3O[C@@H]4COP(=O)(O)O[C@@H]5[C@H](O)[C@@H](COP(=O)(O)O[C@H]4[C@H]3O)O[C@H]5n3cnc4c(=O)[nH]c(N)nc43)c2n1.NC[C@H]1[C@H]2OP(=O)(O)OC[C@H]3O[C@@H](n4ccc5c(N)ccnc54)[C@H](O)[C@@H]3OP(=O)(O)OC[C@H]1O[C@H]2n1cnc2c(=O)[nH]c(N)nc21.Nc1ccnc2c1ccn2[C@@H]1O[C@@H]2COP(=O)(O)O[C@@H]3[C@H](O)[C@@H](COP(=O)(O)O[C@H]2[C@H]1O)O[C@H]3n1cnc2c(=O)[nH]cnc21. The number of nitrogens with two attached hydrogens (primary N) is 6. The highest BCUT2D eigenvalue weighted by atomic mass is 31.2. The number of hydrogen-bond donors (Lipinski definition) is 20. The fourth-order valence-corrected chi connectivity index (χ4v) is 22.6. The van der Waals surface area contributed by atoms with E-state index in [0.29, 0.717) is 33.4 Å². The third-order valence-electron chi connectivity index (χ3n) is 23.0. The highest BCUT2D eigenvalue weighted by Crippen LogP contribution is 2.59. The van der Waals surface area contributed by atoms with Gasteiger partial charge in [0.05, 0.1) is 77.4 Å². The van der Waals surface area contributed by atoms with E-state index < -0.39 is 250 Å². The van der Waals surface area contributed by atoms with E-state index in [1.165, 1.54) is 60.3 Å². The van der Waals surface area contributed by atoms with E-state index >= 15 is 0 Å². The number of aliphatic hydroxyl groups is 5. The molecular weight excluding hydrogens is 1950 g/mol. The Morgan fingerprint density at radius 1 is 0.368 bits per heavy atom. The smallest absolute Gasteiger partial charge is 0.398 e. The minimum absolute atomic E-state index is 0.0110. The lowest BCUT2D eigenvalue weighted by atomic mass is 9.99. The summed E-state index contributed by atoms with van der Waals surface area (Å²) in [5.74, 6) is -1.12.